The third-order valence-corrected chi connectivity index (χ3v) is 4.02. The Bertz CT molecular complexity index is 1040. The molecule has 3 rings (SSSR count). The summed E-state index contributed by atoms with van der Waals surface area (Å²) in [6.45, 7) is 0. The van der Waals surface area contributed by atoms with Crippen LogP contribution in [0.4, 0.5) is 4.39 Å². The molecule has 0 saturated heterocycles. The number of halogens is 2. The number of amides is 2. The topological polar surface area (TPSA) is 87.7 Å². The van der Waals surface area contributed by atoms with Crippen LogP contribution in [0.25, 0.3) is 17.2 Å². The molecule has 0 aliphatic rings. The molecule has 154 valence electrons. The summed E-state index contributed by atoms with van der Waals surface area (Å²) in [5, 5.41) is 8.54. The third kappa shape index (κ3) is 5.66. The lowest BCUT2D eigenvalue weighted by molar-refractivity contribution is -0.126. The molecule has 0 atom stereocenters. The van der Waals surface area contributed by atoms with Crippen LogP contribution in [-0.2, 0) is 4.79 Å². The summed E-state index contributed by atoms with van der Waals surface area (Å²) >= 11 is 0. The summed E-state index contributed by atoms with van der Waals surface area (Å²) in [4.78, 5) is 28.5. The van der Waals surface area contributed by atoms with Gasteiger partial charge >= 0.3 is 5.91 Å². The van der Waals surface area contributed by atoms with E-state index in [0.717, 1.165) is 11.6 Å². The van der Waals surface area contributed by atoms with E-state index >= 15 is 0 Å². The zero-order valence-electron chi connectivity index (χ0n) is 15.5. The number of rotatable bonds is 6. The van der Waals surface area contributed by atoms with E-state index in [1.54, 1.807) is 72.8 Å². The van der Waals surface area contributed by atoms with E-state index < -0.39 is 11.7 Å². The Morgan fingerprint density at radius 1 is 0.900 bits per heavy atom. The molecule has 6 nitrogen and oxygen atoms in total. The SMILES string of the molecule is Cl.O=C(NO)/C(F)=C/c1ccccc1-c1ccc(ONC(=O)c2ccccc2)cc1. The number of benzene rings is 3. The van der Waals surface area contributed by atoms with Crippen molar-refractivity contribution in [2.24, 2.45) is 0 Å². The van der Waals surface area contributed by atoms with Crippen LogP contribution in [0.15, 0.2) is 84.7 Å². The largest absolute Gasteiger partial charge is 0.379 e. The van der Waals surface area contributed by atoms with Crippen LogP contribution >= 0.6 is 12.4 Å². The molecular weight excluding hydrogens is 411 g/mol. The number of carbonyl (C=O) groups is 2. The highest BCUT2D eigenvalue weighted by molar-refractivity contribution is 5.96. The first kappa shape index (κ1) is 22.6. The van der Waals surface area contributed by atoms with E-state index in [2.05, 4.69) is 5.48 Å². The van der Waals surface area contributed by atoms with Crippen LogP contribution in [0, 0.1) is 0 Å². The van der Waals surface area contributed by atoms with Gasteiger partial charge in [-0.1, -0.05) is 54.6 Å². The number of hydrogen-bond acceptors (Lipinski definition) is 4. The van der Waals surface area contributed by atoms with Gasteiger partial charge in [-0.3, -0.25) is 14.8 Å². The standard InChI is InChI=1S/C22H17FN2O4.ClH/c23-20(22(27)24-28)14-17-8-4-5-9-19(17)15-10-12-18(13-11-15)29-25-21(26)16-6-2-1-3-7-16;/h1-14,28H,(H,24,27)(H,25,26);1H/b20-14-;. The lowest BCUT2D eigenvalue weighted by Gasteiger charge is -2.10. The Morgan fingerprint density at radius 3 is 2.20 bits per heavy atom. The molecule has 0 aliphatic heterocycles. The second-order valence-corrected chi connectivity index (χ2v) is 5.94. The van der Waals surface area contributed by atoms with Crippen LogP contribution in [-0.4, -0.2) is 17.0 Å². The number of carbonyl (C=O) groups excluding carboxylic acids is 2. The van der Waals surface area contributed by atoms with Gasteiger partial charge in [-0.05, 0) is 47.0 Å². The molecule has 0 unspecified atom stereocenters. The Morgan fingerprint density at radius 2 is 1.53 bits per heavy atom. The minimum Gasteiger partial charge on any atom is -0.379 e. The lowest BCUT2D eigenvalue weighted by atomic mass is 9.99. The van der Waals surface area contributed by atoms with Crippen molar-refractivity contribution in [3.8, 4) is 16.9 Å². The van der Waals surface area contributed by atoms with Crippen molar-refractivity contribution < 1.29 is 24.0 Å². The third-order valence-electron chi connectivity index (χ3n) is 4.02. The first-order valence-corrected chi connectivity index (χ1v) is 8.62. The van der Waals surface area contributed by atoms with E-state index in [4.69, 9.17) is 10.0 Å². The van der Waals surface area contributed by atoms with Crippen molar-refractivity contribution in [3.63, 3.8) is 0 Å². The fraction of sp³-hybridized carbons (Fsp3) is 0. The molecule has 3 aromatic rings. The van der Waals surface area contributed by atoms with Crippen LogP contribution in [0.5, 0.6) is 5.75 Å². The highest BCUT2D eigenvalue weighted by Crippen LogP contribution is 2.27. The van der Waals surface area contributed by atoms with E-state index in [-0.39, 0.29) is 18.3 Å². The Labute approximate surface area is 178 Å². The molecule has 0 aromatic heterocycles. The van der Waals surface area contributed by atoms with Gasteiger partial charge in [0, 0.05) is 5.56 Å². The minimum absolute atomic E-state index is 0. The molecule has 0 bridgehead atoms. The van der Waals surface area contributed by atoms with E-state index in [1.807, 2.05) is 6.07 Å². The van der Waals surface area contributed by atoms with Crippen molar-refractivity contribution in [2.75, 3.05) is 0 Å². The van der Waals surface area contributed by atoms with Crippen LogP contribution < -0.4 is 15.8 Å². The van der Waals surface area contributed by atoms with Crippen molar-refractivity contribution in [3.05, 3.63) is 95.8 Å². The second-order valence-electron chi connectivity index (χ2n) is 5.94. The first-order chi connectivity index (χ1) is 14.1. The zero-order valence-corrected chi connectivity index (χ0v) is 16.4. The highest BCUT2D eigenvalue weighted by Gasteiger charge is 2.10. The monoisotopic (exact) mass is 428 g/mol. The fourth-order valence-corrected chi connectivity index (χ4v) is 2.60. The van der Waals surface area contributed by atoms with Gasteiger partial charge in [0.25, 0.3) is 5.91 Å². The van der Waals surface area contributed by atoms with E-state index in [0.29, 0.717) is 22.4 Å². The minimum atomic E-state index is -1.22. The maximum absolute atomic E-state index is 13.8. The fourth-order valence-electron chi connectivity index (χ4n) is 2.60. The summed E-state index contributed by atoms with van der Waals surface area (Å²) in [5.41, 5.74) is 5.97. The predicted molar refractivity (Wildman–Crippen MR) is 113 cm³/mol. The number of hydroxylamine groups is 2. The maximum atomic E-state index is 13.8. The Balaban J connectivity index is 0.00000320. The summed E-state index contributed by atoms with van der Waals surface area (Å²) < 4.78 is 13.8. The van der Waals surface area contributed by atoms with E-state index in [1.165, 1.54) is 5.48 Å². The summed E-state index contributed by atoms with van der Waals surface area (Å²) in [5.74, 6) is -2.30. The first-order valence-electron chi connectivity index (χ1n) is 8.62. The summed E-state index contributed by atoms with van der Waals surface area (Å²) in [6.07, 6.45) is 1.03. The van der Waals surface area contributed by atoms with Gasteiger partial charge in [-0.25, -0.2) is 9.87 Å². The van der Waals surface area contributed by atoms with Crippen LogP contribution in [0.2, 0.25) is 0 Å². The average molecular weight is 429 g/mol. The lowest BCUT2D eigenvalue weighted by Crippen LogP contribution is -2.26. The Kier molecular flexibility index (Phi) is 8.10. The van der Waals surface area contributed by atoms with Crippen molar-refractivity contribution in [1.29, 1.82) is 0 Å². The summed E-state index contributed by atoms with van der Waals surface area (Å²) in [6, 6.07) is 22.3. The van der Waals surface area contributed by atoms with Gasteiger partial charge in [0.15, 0.2) is 11.6 Å². The average Bonchev–Trinajstić information content (AvgIpc) is 2.78. The predicted octanol–water partition coefficient (Wildman–Crippen LogP) is 4.32. The molecule has 8 heteroatoms. The molecule has 0 radical (unpaired) electrons. The molecule has 3 N–H and O–H groups in total. The van der Waals surface area contributed by atoms with Gasteiger partial charge in [0.2, 0.25) is 0 Å². The molecule has 3 aromatic carbocycles. The van der Waals surface area contributed by atoms with Crippen molar-refractivity contribution in [1.82, 2.24) is 11.0 Å². The van der Waals surface area contributed by atoms with Crippen LogP contribution in [0.1, 0.15) is 15.9 Å². The quantitative estimate of drug-likeness (QED) is 0.310. The van der Waals surface area contributed by atoms with Gasteiger partial charge < -0.3 is 4.84 Å². The van der Waals surface area contributed by atoms with E-state index in [9.17, 15) is 14.0 Å². The van der Waals surface area contributed by atoms with Gasteiger partial charge in [-0.15, -0.1) is 12.4 Å². The normalized spacial score (nSPS) is 10.5. The molecule has 0 aliphatic carbocycles. The van der Waals surface area contributed by atoms with Crippen LogP contribution in [0.3, 0.4) is 0 Å². The number of nitrogens with one attached hydrogen (secondary N) is 2. The van der Waals surface area contributed by atoms with Crippen molar-refractivity contribution in [2.45, 2.75) is 0 Å². The number of hydrogen-bond donors (Lipinski definition) is 3. The summed E-state index contributed by atoms with van der Waals surface area (Å²) in [7, 11) is 0. The zero-order chi connectivity index (χ0) is 20.6. The highest BCUT2D eigenvalue weighted by atomic mass is 35.5. The molecule has 0 spiro atoms. The molecule has 30 heavy (non-hydrogen) atoms. The molecule has 2 amide bonds. The Hall–Kier alpha value is -3.68. The maximum Gasteiger partial charge on any atom is 0.303 e. The van der Waals surface area contributed by atoms with Gasteiger partial charge in [0.1, 0.15) is 0 Å². The molecule has 0 saturated carbocycles. The van der Waals surface area contributed by atoms with Crippen molar-refractivity contribution >= 4 is 30.3 Å². The van der Waals surface area contributed by atoms with Gasteiger partial charge in [-0.2, -0.15) is 5.48 Å². The molecule has 0 heterocycles. The van der Waals surface area contributed by atoms with Gasteiger partial charge in [0.05, 0.1) is 0 Å². The second kappa shape index (κ2) is 10.8. The smallest absolute Gasteiger partial charge is 0.303 e. The molecule has 0 fully saturated rings. The molecular formula is C22H18ClFN2O4.